The largest absolute Gasteiger partial charge is 0.135 e. The maximum atomic E-state index is 2.31. The predicted molar refractivity (Wildman–Crippen MR) is 171 cm³/mol. The summed E-state index contributed by atoms with van der Waals surface area (Å²) in [5.74, 6) is 0. The Balaban J connectivity index is 1.45. The van der Waals surface area contributed by atoms with Crippen molar-refractivity contribution in [2.45, 2.75) is 0 Å². The van der Waals surface area contributed by atoms with Gasteiger partial charge in [0, 0.05) is 20.2 Å². The van der Waals surface area contributed by atoms with Gasteiger partial charge in [-0.3, -0.25) is 0 Å². The Hall–Kier alpha value is -4.72. The van der Waals surface area contributed by atoms with Crippen molar-refractivity contribution in [2.24, 2.45) is 0 Å². The summed E-state index contributed by atoms with van der Waals surface area (Å²) in [7, 11) is 0. The standard InChI is InChI=1S/C38H24S/c1-2-11-25(12-3-1)26-21-23-27(24-22-26)36-28-13-4-6-15-30(28)37(31-16-7-5-14-29(31)36)33-18-10-20-35-38(33)32-17-8-9-19-34(32)39-35/h1-24H. The van der Waals surface area contributed by atoms with E-state index in [1.54, 1.807) is 0 Å². The summed E-state index contributed by atoms with van der Waals surface area (Å²) in [6, 6.07) is 53.1. The van der Waals surface area contributed by atoms with Gasteiger partial charge >= 0.3 is 0 Å². The van der Waals surface area contributed by atoms with Crippen LogP contribution in [0, 0.1) is 0 Å². The molecule has 0 N–H and O–H groups in total. The van der Waals surface area contributed by atoms with Gasteiger partial charge in [-0.2, -0.15) is 0 Å². The number of hydrogen-bond donors (Lipinski definition) is 0. The zero-order valence-corrected chi connectivity index (χ0v) is 22.1. The molecule has 8 rings (SSSR count). The lowest BCUT2D eigenvalue weighted by molar-refractivity contribution is 1.61. The minimum atomic E-state index is 1.24. The highest BCUT2D eigenvalue weighted by molar-refractivity contribution is 7.25. The normalized spacial score (nSPS) is 11.6. The van der Waals surface area contributed by atoms with Gasteiger partial charge in [0.25, 0.3) is 0 Å². The quantitative estimate of drug-likeness (QED) is 0.207. The Bertz CT molecular complexity index is 2090. The van der Waals surface area contributed by atoms with E-state index in [1.807, 2.05) is 11.3 Å². The zero-order valence-electron chi connectivity index (χ0n) is 21.3. The molecule has 0 amide bonds. The fourth-order valence-electron chi connectivity index (χ4n) is 6.17. The van der Waals surface area contributed by atoms with Crippen LogP contribution in [0.25, 0.3) is 75.1 Å². The van der Waals surface area contributed by atoms with Crippen LogP contribution in [0.1, 0.15) is 0 Å². The smallest absolute Gasteiger partial charge is 0.0361 e. The van der Waals surface area contributed by atoms with Crippen molar-refractivity contribution in [1.82, 2.24) is 0 Å². The average Bonchev–Trinajstić information content (AvgIpc) is 3.40. The van der Waals surface area contributed by atoms with E-state index < -0.39 is 0 Å². The third kappa shape index (κ3) is 3.51. The van der Waals surface area contributed by atoms with Crippen molar-refractivity contribution in [3.8, 4) is 33.4 Å². The maximum absolute atomic E-state index is 2.31. The summed E-state index contributed by atoms with van der Waals surface area (Å²) in [6.07, 6.45) is 0. The SMILES string of the molecule is c1ccc(-c2ccc(-c3c4ccccc4c(-c4cccc5sc6ccccc6c45)c4ccccc34)cc2)cc1. The van der Waals surface area contributed by atoms with Crippen LogP contribution < -0.4 is 0 Å². The molecule has 0 unspecified atom stereocenters. The second-order valence-electron chi connectivity index (χ2n) is 10.1. The summed E-state index contributed by atoms with van der Waals surface area (Å²) < 4.78 is 2.67. The Morgan fingerprint density at radius 1 is 0.308 bits per heavy atom. The van der Waals surface area contributed by atoms with Gasteiger partial charge < -0.3 is 0 Å². The van der Waals surface area contributed by atoms with E-state index in [4.69, 9.17) is 0 Å². The van der Waals surface area contributed by atoms with Gasteiger partial charge in [0.2, 0.25) is 0 Å². The van der Waals surface area contributed by atoms with Crippen molar-refractivity contribution >= 4 is 53.1 Å². The van der Waals surface area contributed by atoms with E-state index in [0.29, 0.717) is 0 Å². The first-order valence-electron chi connectivity index (χ1n) is 13.4. The maximum Gasteiger partial charge on any atom is 0.0361 e. The summed E-state index contributed by atoms with van der Waals surface area (Å²) >= 11 is 1.88. The highest BCUT2D eigenvalue weighted by Crippen LogP contribution is 2.47. The van der Waals surface area contributed by atoms with Crippen molar-refractivity contribution in [2.75, 3.05) is 0 Å². The Morgan fingerprint density at radius 3 is 1.46 bits per heavy atom. The lowest BCUT2D eigenvalue weighted by Crippen LogP contribution is -1.91. The molecular formula is C38H24S. The van der Waals surface area contributed by atoms with Crippen LogP contribution >= 0.6 is 11.3 Å². The molecule has 0 atom stereocenters. The van der Waals surface area contributed by atoms with Crippen molar-refractivity contribution in [1.29, 1.82) is 0 Å². The molecule has 0 aliphatic rings. The number of benzene rings is 7. The van der Waals surface area contributed by atoms with Gasteiger partial charge in [-0.25, -0.2) is 0 Å². The van der Waals surface area contributed by atoms with Gasteiger partial charge in [0.1, 0.15) is 0 Å². The molecule has 0 aliphatic heterocycles. The first-order chi connectivity index (χ1) is 19.4. The second-order valence-corrected chi connectivity index (χ2v) is 11.1. The third-order valence-corrected chi connectivity index (χ3v) is 9.02. The van der Waals surface area contributed by atoms with Crippen LogP contribution in [-0.2, 0) is 0 Å². The summed E-state index contributed by atoms with van der Waals surface area (Å²) in [4.78, 5) is 0. The van der Waals surface area contributed by atoms with Gasteiger partial charge in [0.05, 0.1) is 0 Å². The fraction of sp³-hybridized carbons (Fsp3) is 0. The highest BCUT2D eigenvalue weighted by Gasteiger charge is 2.19. The topological polar surface area (TPSA) is 0 Å². The zero-order chi connectivity index (χ0) is 25.8. The minimum absolute atomic E-state index is 1.24. The van der Waals surface area contributed by atoms with Crippen LogP contribution in [-0.4, -0.2) is 0 Å². The van der Waals surface area contributed by atoms with Crippen LogP contribution in [0.4, 0.5) is 0 Å². The molecule has 0 spiro atoms. The Morgan fingerprint density at radius 2 is 0.795 bits per heavy atom. The summed E-state index contributed by atoms with van der Waals surface area (Å²) in [5, 5.41) is 7.85. The molecule has 0 aliphatic carbocycles. The average molecular weight is 513 g/mol. The monoisotopic (exact) mass is 512 g/mol. The van der Waals surface area contributed by atoms with E-state index in [1.165, 1.54) is 75.1 Å². The third-order valence-electron chi connectivity index (χ3n) is 7.88. The fourth-order valence-corrected chi connectivity index (χ4v) is 7.30. The van der Waals surface area contributed by atoms with E-state index in [0.717, 1.165) is 0 Å². The Labute approximate surface area is 231 Å². The molecule has 1 heterocycles. The number of hydrogen-bond acceptors (Lipinski definition) is 1. The van der Waals surface area contributed by atoms with Crippen LogP contribution in [0.3, 0.4) is 0 Å². The van der Waals surface area contributed by atoms with E-state index in [2.05, 4.69) is 146 Å². The first-order valence-corrected chi connectivity index (χ1v) is 14.2. The second kappa shape index (κ2) is 8.94. The lowest BCUT2D eigenvalue weighted by atomic mass is 9.84. The first kappa shape index (κ1) is 22.3. The summed E-state index contributed by atoms with van der Waals surface area (Å²) in [6.45, 7) is 0. The molecule has 182 valence electrons. The molecular weight excluding hydrogens is 488 g/mol. The van der Waals surface area contributed by atoms with Crippen molar-refractivity contribution < 1.29 is 0 Å². The van der Waals surface area contributed by atoms with Gasteiger partial charge in [-0.1, -0.05) is 133 Å². The van der Waals surface area contributed by atoms with Gasteiger partial charge in [0.15, 0.2) is 0 Å². The molecule has 7 aromatic carbocycles. The van der Waals surface area contributed by atoms with E-state index in [-0.39, 0.29) is 0 Å². The summed E-state index contributed by atoms with van der Waals surface area (Å²) in [5.41, 5.74) is 7.65. The van der Waals surface area contributed by atoms with Crippen LogP contribution in [0.5, 0.6) is 0 Å². The highest BCUT2D eigenvalue weighted by atomic mass is 32.1. The van der Waals surface area contributed by atoms with Gasteiger partial charge in [-0.05, 0) is 67.1 Å². The van der Waals surface area contributed by atoms with Gasteiger partial charge in [-0.15, -0.1) is 11.3 Å². The van der Waals surface area contributed by atoms with E-state index in [9.17, 15) is 0 Å². The molecule has 39 heavy (non-hydrogen) atoms. The molecule has 8 aromatic rings. The number of thiophene rings is 1. The van der Waals surface area contributed by atoms with Crippen LogP contribution in [0.2, 0.25) is 0 Å². The number of fused-ring (bicyclic) bond motifs is 5. The molecule has 0 saturated heterocycles. The molecule has 1 heteroatoms. The van der Waals surface area contributed by atoms with Crippen molar-refractivity contribution in [3.05, 3.63) is 146 Å². The number of rotatable bonds is 3. The van der Waals surface area contributed by atoms with E-state index >= 15 is 0 Å². The Kier molecular flexibility index (Phi) is 5.11. The van der Waals surface area contributed by atoms with Crippen molar-refractivity contribution in [3.63, 3.8) is 0 Å². The molecule has 0 saturated carbocycles. The molecule has 0 radical (unpaired) electrons. The minimum Gasteiger partial charge on any atom is -0.135 e. The molecule has 0 fully saturated rings. The predicted octanol–water partition coefficient (Wildman–Crippen LogP) is 11.4. The van der Waals surface area contributed by atoms with Crippen LogP contribution in [0.15, 0.2) is 146 Å². The molecule has 0 nitrogen and oxygen atoms in total. The lowest BCUT2D eigenvalue weighted by Gasteiger charge is -2.18. The molecule has 1 aromatic heterocycles. The molecule has 0 bridgehead atoms.